The van der Waals surface area contributed by atoms with Gasteiger partial charge in [0.25, 0.3) is 0 Å². The van der Waals surface area contributed by atoms with E-state index < -0.39 is 0 Å². The Hall–Kier alpha value is -1.61. The van der Waals surface area contributed by atoms with Gasteiger partial charge in [0.2, 0.25) is 0 Å². The van der Waals surface area contributed by atoms with Gasteiger partial charge in [0, 0.05) is 24.5 Å². The highest BCUT2D eigenvalue weighted by Crippen LogP contribution is 2.18. The van der Waals surface area contributed by atoms with Gasteiger partial charge in [0.15, 0.2) is 0 Å². The molecule has 0 bridgehead atoms. The minimum absolute atomic E-state index is 0.394. The van der Waals surface area contributed by atoms with E-state index in [0.717, 1.165) is 19.4 Å². The molecule has 0 fully saturated rings. The molecule has 0 aliphatic rings. The summed E-state index contributed by atoms with van der Waals surface area (Å²) in [5, 5.41) is 7.96. The van der Waals surface area contributed by atoms with Crippen LogP contribution in [0.1, 0.15) is 44.4 Å². The van der Waals surface area contributed by atoms with E-state index in [1.807, 2.05) is 23.1 Å². The molecule has 0 saturated heterocycles. The van der Waals surface area contributed by atoms with Crippen molar-refractivity contribution >= 4 is 0 Å². The zero-order chi connectivity index (χ0) is 14.4. The minimum Gasteiger partial charge on any atom is -0.306 e. The van der Waals surface area contributed by atoms with Crippen LogP contribution in [0.3, 0.4) is 0 Å². The van der Waals surface area contributed by atoms with Gasteiger partial charge in [-0.2, -0.15) is 5.10 Å². The summed E-state index contributed by atoms with van der Waals surface area (Å²) < 4.78 is 1.98. The molecular formula is C17H25N3. The molecule has 1 N–H and O–H groups in total. The normalized spacial score (nSPS) is 14.2. The van der Waals surface area contributed by atoms with E-state index in [4.69, 9.17) is 0 Å². The monoisotopic (exact) mass is 271 g/mol. The van der Waals surface area contributed by atoms with Gasteiger partial charge >= 0.3 is 0 Å². The second-order valence-corrected chi connectivity index (χ2v) is 5.35. The average Bonchev–Trinajstić information content (AvgIpc) is 2.97. The van der Waals surface area contributed by atoms with Gasteiger partial charge in [-0.3, -0.25) is 4.68 Å². The summed E-state index contributed by atoms with van der Waals surface area (Å²) in [4.78, 5) is 0. The standard InChI is InChI=1S/C17H25N3/c1-4-15-7-9-16(10-8-15)17(5-2)19-14(3)13-20-12-6-11-18-20/h6-12,14,17,19H,4-5,13H2,1-3H3. The van der Waals surface area contributed by atoms with Gasteiger partial charge in [0.1, 0.15) is 0 Å². The highest BCUT2D eigenvalue weighted by Gasteiger charge is 2.12. The van der Waals surface area contributed by atoms with Gasteiger partial charge in [-0.1, -0.05) is 38.1 Å². The van der Waals surface area contributed by atoms with Crippen LogP contribution in [0.15, 0.2) is 42.7 Å². The maximum absolute atomic E-state index is 4.26. The van der Waals surface area contributed by atoms with Gasteiger partial charge < -0.3 is 5.32 Å². The lowest BCUT2D eigenvalue weighted by molar-refractivity contribution is 0.393. The number of aromatic nitrogens is 2. The largest absolute Gasteiger partial charge is 0.306 e. The highest BCUT2D eigenvalue weighted by molar-refractivity contribution is 5.25. The topological polar surface area (TPSA) is 29.9 Å². The molecular weight excluding hydrogens is 246 g/mol. The van der Waals surface area contributed by atoms with Crippen molar-refractivity contribution in [1.29, 1.82) is 0 Å². The van der Waals surface area contributed by atoms with E-state index in [-0.39, 0.29) is 0 Å². The van der Waals surface area contributed by atoms with Crippen molar-refractivity contribution < 1.29 is 0 Å². The second-order valence-electron chi connectivity index (χ2n) is 5.35. The molecule has 3 nitrogen and oxygen atoms in total. The predicted molar refractivity (Wildman–Crippen MR) is 83.7 cm³/mol. The fourth-order valence-electron chi connectivity index (χ4n) is 2.52. The SMILES string of the molecule is CCc1ccc(C(CC)NC(C)Cn2cccn2)cc1. The van der Waals surface area contributed by atoms with Crippen molar-refractivity contribution in [2.75, 3.05) is 0 Å². The van der Waals surface area contributed by atoms with Crippen molar-refractivity contribution in [2.24, 2.45) is 0 Å². The van der Waals surface area contributed by atoms with E-state index in [9.17, 15) is 0 Å². The molecule has 0 spiro atoms. The van der Waals surface area contributed by atoms with Crippen LogP contribution in [0.4, 0.5) is 0 Å². The average molecular weight is 271 g/mol. The molecule has 2 unspecified atom stereocenters. The molecule has 3 heteroatoms. The van der Waals surface area contributed by atoms with E-state index in [1.54, 1.807) is 0 Å². The lowest BCUT2D eigenvalue weighted by Crippen LogP contribution is -2.33. The number of rotatable bonds is 7. The molecule has 1 aromatic carbocycles. The maximum Gasteiger partial charge on any atom is 0.0560 e. The van der Waals surface area contributed by atoms with E-state index in [1.165, 1.54) is 11.1 Å². The smallest absolute Gasteiger partial charge is 0.0560 e. The molecule has 0 amide bonds. The molecule has 0 saturated carbocycles. The summed E-state index contributed by atoms with van der Waals surface area (Å²) in [6.45, 7) is 7.53. The van der Waals surface area contributed by atoms with Crippen LogP contribution in [0.25, 0.3) is 0 Å². The molecule has 0 aliphatic heterocycles. The van der Waals surface area contributed by atoms with E-state index in [2.05, 4.69) is 55.5 Å². The van der Waals surface area contributed by atoms with Gasteiger partial charge in [-0.05, 0) is 37.0 Å². The molecule has 0 radical (unpaired) electrons. The Morgan fingerprint density at radius 2 is 1.95 bits per heavy atom. The first-order valence-corrected chi connectivity index (χ1v) is 7.55. The Balaban J connectivity index is 1.96. The van der Waals surface area contributed by atoms with Crippen LogP contribution in [-0.4, -0.2) is 15.8 Å². The first-order valence-electron chi connectivity index (χ1n) is 7.55. The number of nitrogens with zero attached hydrogens (tertiary/aromatic N) is 2. The summed E-state index contributed by atoms with van der Waals surface area (Å²) in [6, 6.07) is 11.7. The van der Waals surface area contributed by atoms with Crippen molar-refractivity contribution in [1.82, 2.24) is 15.1 Å². The van der Waals surface area contributed by atoms with Crippen molar-refractivity contribution in [3.05, 3.63) is 53.9 Å². The van der Waals surface area contributed by atoms with Crippen LogP contribution in [0.2, 0.25) is 0 Å². The Bertz CT molecular complexity index is 487. The third kappa shape index (κ3) is 3.94. The molecule has 2 rings (SSSR count). The van der Waals surface area contributed by atoms with Crippen LogP contribution >= 0.6 is 0 Å². The van der Waals surface area contributed by atoms with Crippen LogP contribution in [-0.2, 0) is 13.0 Å². The number of hydrogen-bond donors (Lipinski definition) is 1. The molecule has 1 aromatic heterocycles. The molecule has 20 heavy (non-hydrogen) atoms. The van der Waals surface area contributed by atoms with Gasteiger partial charge in [-0.25, -0.2) is 0 Å². The predicted octanol–water partition coefficient (Wildman–Crippen LogP) is 3.57. The molecule has 0 aliphatic carbocycles. The molecule has 108 valence electrons. The third-order valence-electron chi connectivity index (χ3n) is 3.70. The summed E-state index contributed by atoms with van der Waals surface area (Å²) in [7, 11) is 0. The van der Waals surface area contributed by atoms with Crippen LogP contribution < -0.4 is 5.32 Å². The minimum atomic E-state index is 0.394. The zero-order valence-corrected chi connectivity index (χ0v) is 12.7. The zero-order valence-electron chi connectivity index (χ0n) is 12.7. The Morgan fingerprint density at radius 3 is 2.50 bits per heavy atom. The van der Waals surface area contributed by atoms with Gasteiger partial charge in [0.05, 0.1) is 6.54 Å². The van der Waals surface area contributed by atoms with E-state index >= 15 is 0 Å². The summed E-state index contributed by atoms with van der Waals surface area (Å²) in [5.41, 5.74) is 2.77. The van der Waals surface area contributed by atoms with Crippen molar-refractivity contribution in [3.8, 4) is 0 Å². The van der Waals surface area contributed by atoms with Crippen molar-refractivity contribution in [3.63, 3.8) is 0 Å². The summed E-state index contributed by atoms with van der Waals surface area (Å²) in [5.74, 6) is 0. The maximum atomic E-state index is 4.26. The second kappa shape index (κ2) is 7.25. The number of aryl methyl sites for hydroxylation is 1. The molecule has 2 atom stereocenters. The summed E-state index contributed by atoms with van der Waals surface area (Å²) in [6.07, 6.45) is 6.03. The number of benzene rings is 1. The van der Waals surface area contributed by atoms with Gasteiger partial charge in [-0.15, -0.1) is 0 Å². The fraction of sp³-hybridized carbons (Fsp3) is 0.471. The number of hydrogen-bond acceptors (Lipinski definition) is 2. The molecule has 2 aromatic rings. The third-order valence-corrected chi connectivity index (χ3v) is 3.70. The lowest BCUT2D eigenvalue weighted by Gasteiger charge is -2.23. The highest BCUT2D eigenvalue weighted by atomic mass is 15.3. The Morgan fingerprint density at radius 1 is 1.20 bits per heavy atom. The Kier molecular flexibility index (Phi) is 5.36. The number of nitrogens with one attached hydrogen (secondary N) is 1. The molecule has 1 heterocycles. The van der Waals surface area contributed by atoms with Crippen molar-refractivity contribution in [2.45, 2.75) is 52.2 Å². The fourth-order valence-corrected chi connectivity index (χ4v) is 2.52. The van der Waals surface area contributed by atoms with Crippen LogP contribution in [0, 0.1) is 0 Å². The van der Waals surface area contributed by atoms with Crippen LogP contribution in [0.5, 0.6) is 0 Å². The first kappa shape index (κ1) is 14.8. The lowest BCUT2D eigenvalue weighted by atomic mass is 10.0. The Labute approximate surface area is 122 Å². The quantitative estimate of drug-likeness (QED) is 0.834. The summed E-state index contributed by atoms with van der Waals surface area (Å²) >= 11 is 0. The first-order chi connectivity index (χ1) is 9.72. The van der Waals surface area contributed by atoms with E-state index in [0.29, 0.717) is 12.1 Å².